The molecule has 2 heterocycles. The van der Waals surface area contributed by atoms with Gasteiger partial charge in [0.1, 0.15) is 11.2 Å². The molecule has 1 aromatic carbocycles. The van der Waals surface area contributed by atoms with Gasteiger partial charge in [-0.1, -0.05) is 0 Å². The Balaban J connectivity index is 1.59. The van der Waals surface area contributed by atoms with Gasteiger partial charge in [0.25, 0.3) is 5.91 Å². The molecule has 1 saturated heterocycles. The molecule has 0 saturated carbocycles. The summed E-state index contributed by atoms with van der Waals surface area (Å²) in [5, 5.41) is 2.64. The number of carbonyl (C=O) groups is 3. The van der Waals surface area contributed by atoms with E-state index in [1.54, 1.807) is 35.8 Å². The molecule has 2 aromatic rings. The molecule has 1 aliphatic heterocycles. The lowest BCUT2D eigenvalue weighted by atomic mass is 9.89. The van der Waals surface area contributed by atoms with Crippen molar-refractivity contribution in [2.75, 3.05) is 31.5 Å². The van der Waals surface area contributed by atoms with Gasteiger partial charge in [0.2, 0.25) is 11.8 Å². The lowest BCUT2D eigenvalue weighted by Crippen LogP contribution is -2.55. The summed E-state index contributed by atoms with van der Waals surface area (Å²) < 4.78 is 18.1. The van der Waals surface area contributed by atoms with Gasteiger partial charge >= 0.3 is 0 Å². The zero-order chi connectivity index (χ0) is 20.3. The Bertz CT molecular complexity index is 854. The Hall–Kier alpha value is -3.16. The molecule has 0 unspecified atom stereocenters. The summed E-state index contributed by atoms with van der Waals surface area (Å²) in [5.74, 6) is -1.16. The molecule has 0 spiro atoms. The highest BCUT2D eigenvalue weighted by atomic mass is 19.1. The Morgan fingerprint density at radius 2 is 1.61 bits per heavy atom. The van der Waals surface area contributed by atoms with Crippen LogP contribution in [0.25, 0.3) is 0 Å². The zero-order valence-electron chi connectivity index (χ0n) is 15.8. The molecule has 1 N–H and O–H groups in total. The molecule has 28 heavy (non-hydrogen) atoms. The number of furan rings is 1. The lowest BCUT2D eigenvalue weighted by molar-refractivity contribution is -0.147. The number of benzene rings is 1. The molecule has 7 nitrogen and oxygen atoms in total. The first kappa shape index (κ1) is 19.6. The molecule has 0 radical (unpaired) electrons. The van der Waals surface area contributed by atoms with E-state index in [2.05, 4.69) is 5.32 Å². The number of amides is 3. The Morgan fingerprint density at radius 1 is 1.00 bits per heavy atom. The quantitative estimate of drug-likeness (QED) is 0.817. The van der Waals surface area contributed by atoms with E-state index in [9.17, 15) is 18.8 Å². The molecule has 0 atom stereocenters. The summed E-state index contributed by atoms with van der Waals surface area (Å²) in [7, 11) is 0. The van der Waals surface area contributed by atoms with Crippen LogP contribution in [0.15, 0.2) is 47.1 Å². The van der Waals surface area contributed by atoms with Crippen molar-refractivity contribution in [3.63, 3.8) is 0 Å². The van der Waals surface area contributed by atoms with Gasteiger partial charge in [-0.3, -0.25) is 14.4 Å². The van der Waals surface area contributed by atoms with E-state index in [1.807, 2.05) is 0 Å². The molecule has 1 aromatic heterocycles. The molecule has 0 aliphatic carbocycles. The third-order valence-corrected chi connectivity index (χ3v) is 4.79. The summed E-state index contributed by atoms with van der Waals surface area (Å²) in [4.78, 5) is 41.0. The van der Waals surface area contributed by atoms with Gasteiger partial charge in [-0.2, -0.15) is 0 Å². The minimum Gasteiger partial charge on any atom is -0.459 e. The summed E-state index contributed by atoms with van der Waals surface area (Å²) >= 11 is 0. The van der Waals surface area contributed by atoms with Gasteiger partial charge in [0.15, 0.2) is 5.76 Å². The molecular weight excluding hydrogens is 365 g/mol. The number of nitrogens with one attached hydrogen (secondary N) is 1. The number of hydrogen-bond acceptors (Lipinski definition) is 4. The molecule has 3 amide bonds. The molecule has 148 valence electrons. The van der Waals surface area contributed by atoms with Crippen LogP contribution in [-0.2, 0) is 9.59 Å². The van der Waals surface area contributed by atoms with Crippen LogP contribution in [0, 0.1) is 11.2 Å². The summed E-state index contributed by atoms with van der Waals surface area (Å²) in [6.07, 6.45) is 1.44. The smallest absolute Gasteiger partial charge is 0.289 e. The third kappa shape index (κ3) is 4.05. The average molecular weight is 387 g/mol. The fourth-order valence-electron chi connectivity index (χ4n) is 2.98. The van der Waals surface area contributed by atoms with E-state index in [0.717, 1.165) is 0 Å². The molecule has 3 rings (SSSR count). The maximum absolute atomic E-state index is 13.0. The minimum atomic E-state index is -1.30. The fraction of sp³-hybridized carbons (Fsp3) is 0.350. The van der Waals surface area contributed by atoms with Crippen LogP contribution in [0.1, 0.15) is 24.4 Å². The summed E-state index contributed by atoms with van der Waals surface area (Å²) in [6, 6.07) is 8.59. The average Bonchev–Trinajstić information content (AvgIpc) is 3.23. The van der Waals surface area contributed by atoms with Crippen LogP contribution in [0.2, 0.25) is 0 Å². The second-order valence-corrected chi connectivity index (χ2v) is 7.15. The highest BCUT2D eigenvalue weighted by molar-refractivity contribution is 6.09. The van der Waals surface area contributed by atoms with Crippen molar-refractivity contribution in [2.24, 2.45) is 5.41 Å². The van der Waals surface area contributed by atoms with E-state index in [4.69, 9.17) is 4.42 Å². The number of nitrogens with zero attached hydrogens (tertiary/aromatic N) is 2. The Morgan fingerprint density at radius 3 is 2.18 bits per heavy atom. The normalized spacial score (nSPS) is 14.7. The number of piperazine rings is 1. The SMILES string of the molecule is CC(C)(C(=O)Nc1ccc(F)cc1)C(=O)N1CCN(C(=O)c2ccco2)CC1. The van der Waals surface area contributed by atoms with Gasteiger partial charge < -0.3 is 19.5 Å². The molecule has 1 aliphatic rings. The number of hydrogen-bond donors (Lipinski definition) is 1. The summed E-state index contributed by atoms with van der Waals surface area (Å²) in [6.45, 7) is 4.49. The molecular formula is C20H22FN3O4. The monoisotopic (exact) mass is 387 g/mol. The second kappa shape index (κ2) is 7.84. The first-order valence-electron chi connectivity index (χ1n) is 8.98. The van der Waals surface area contributed by atoms with Crippen molar-refractivity contribution < 1.29 is 23.2 Å². The van der Waals surface area contributed by atoms with Crippen molar-refractivity contribution in [3.05, 3.63) is 54.2 Å². The van der Waals surface area contributed by atoms with Crippen LogP contribution in [-0.4, -0.2) is 53.7 Å². The van der Waals surface area contributed by atoms with Gasteiger partial charge in [-0.05, 0) is 50.2 Å². The van der Waals surface area contributed by atoms with Crippen molar-refractivity contribution in [1.82, 2.24) is 9.80 Å². The van der Waals surface area contributed by atoms with Gasteiger partial charge in [-0.25, -0.2) is 4.39 Å². The van der Waals surface area contributed by atoms with Gasteiger partial charge in [0.05, 0.1) is 6.26 Å². The summed E-state index contributed by atoms with van der Waals surface area (Å²) in [5.41, 5.74) is -0.886. The number of halogens is 1. The van der Waals surface area contributed by atoms with Crippen LogP contribution < -0.4 is 5.32 Å². The van der Waals surface area contributed by atoms with Gasteiger partial charge in [0, 0.05) is 31.9 Å². The number of rotatable bonds is 4. The standard InChI is InChI=1S/C20H22FN3O4/c1-20(2,18(26)22-15-7-5-14(21)6-8-15)19(27)24-11-9-23(10-12-24)17(25)16-4-3-13-28-16/h3-8,13H,9-12H2,1-2H3,(H,22,26). The van der Waals surface area contributed by atoms with Gasteiger partial charge in [-0.15, -0.1) is 0 Å². The molecule has 1 fully saturated rings. The van der Waals surface area contributed by atoms with E-state index >= 15 is 0 Å². The van der Waals surface area contributed by atoms with Crippen LogP contribution in [0.3, 0.4) is 0 Å². The van der Waals surface area contributed by atoms with E-state index in [1.165, 1.54) is 30.5 Å². The highest BCUT2D eigenvalue weighted by Crippen LogP contribution is 2.23. The van der Waals surface area contributed by atoms with Crippen molar-refractivity contribution >= 4 is 23.4 Å². The van der Waals surface area contributed by atoms with Crippen LogP contribution in [0.4, 0.5) is 10.1 Å². The fourth-order valence-corrected chi connectivity index (χ4v) is 2.98. The van der Waals surface area contributed by atoms with Crippen molar-refractivity contribution in [3.8, 4) is 0 Å². The number of anilines is 1. The Kier molecular flexibility index (Phi) is 5.48. The maximum atomic E-state index is 13.0. The predicted molar refractivity (Wildman–Crippen MR) is 100 cm³/mol. The van der Waals surface area contributed by atoms with Crippen LogP contribution >= 0.6 is 0 Å². The molecule has 0 bridgehead atoms. The first-order valence-corrected chi connectivity index (χ1v) is 8.98. The van der Waals surface area contributed by atoms with E-state index in [-0.39, 0.29) is 17.6 Å². The topological polar surface area (TPSA) is 82.9 Å². The minimum absolute atomic E-state index is 0.217. The first-order chi connectivity index (χ1) is 13.3. The largest absolute Gasteiger partial charge is 0.459 e. The Labute approximate surface area is 162 Å². The lowest BCUT2D eigenvalue weighted by Gasteiger charge is -2.37. The van der Waals surface area contributed by atoms with E-state index < -0.39 is 17.1 Å². The van der Waals surface area contributed by atoms with Crippen LogP contribution in [0.5, 0.6) is 0 Å². The number of carbonyl (C=O) groups excluding carboxylic acids is 3. The molecule has 8 heteroatoms. The highest BCUT2D eigenvalue weighted by Gasteiger charge is 2.40. The third-order valence-electron chi connectivity index (χ3n) is 4.79. The maximum Gasteiger partial charge on any atom is 0.289 e. The van der Waals surface area contributed by atoms with E-state index in [0.29, 0.717) is 31.9 Å². The van der Waals surface area contributed by atoms with Crippen molar-refractivity contribution in [1.29, 1.82) is 0 Å². The predicted octanol–water partition coefficient (Wildman–Crippen LogP) is 2.37. The second-order valence-electron chi connectivity index (χ2n) is 7.15. The van der Waals surface area contributed by atoms with Crippen molar-refractivity contribution in [2.45, 2.75) is 13.8 Å². The zero-order valence-corrected chi connectivity index (χ0v) is 15.8.